The number of rotatable bonds is 3. The first-order valence-electron chi connectivity index (χ1n) is 5.36. The van der Waals surface area contributed by atoms with E-state index in [1.807, 2.05) is 0 Å². The molecule has 86 valence electrons. The lowest BCUT2D eigenvalue weighted by Gasteiger charge is -2.19. The summed E-state index contributed by atoms with van der Waals surface area (Å²) in [6, 6.07) is -0.124. The monoisotopic (exact) mass is 214 g/mol. The fraction of sp³-hybridized carbons (Fsp3) is 0.800. The van der Waals surface area contributed by atoms with Crippen LogP contribution in [0.1, 0.15) is 32.1 Å². The van der Waals surface area contributed by atoms with Crippen LogP contribution in [0.5, 0.6) is 0 Å². The number of aliphatic carboxylic acids is 1. The smallest absolute Gasteiger partial charge is 0.322 e. The van der Waals surface area contributed by atoms with Gasteiger partial charge in [0.1, 0.15) is 6.54 Å². The summed E-state index contributed by atoms with van der Waals surface area (Å²) in [7, 11) is 0. The highest BCUT2D eigenvalue weighted by atomic mass is 16.4. The molecule has 0 aromatic carbocycles. The predicted molar refractivity (Wildman–Crippen MR) is 55.2 cm³/mol. The minimum Gasteiger partial charge on any atom is -0.480 e. The Morgan fingerprint density at radius 1 is 1.27 bits per heavy atom. The van der Waals surface area contributed by atoms with Crippen LogP contribution in [0.4, 0.5) is 0 Å². The van der Waals surface area contributed by atoms with Gasteiger partial charge in [-0.3, -0.25) is 9.59 Å². The van der Waals surface area contributed by atoms with Gasteiger partial charge in [-0.1, -0.05) is 19.3 Å². The molecule has 0 heterocycles. The van der Waals surface area contributed by atoms with Gasteiger partial charge in [-0.2, -0.15) is 0 Å². The lowest BCUT2D eigenvalue weighted by atomic mass is 9.95. The van der Waals surface area contributed by atoms with E-state index >= 15 is 0 Å². The summed E-state index contributed by atoms with van der Waals surface area (Å²) in [5.74, 6) is -1.45. The largest absolute Gasteiger partial charge is 0.480 e. The molecule has 1 aliphatic rings. The number of hydrogen-bond donors (Lipinski definition) is 3. The maximum absolute atomic E-state index is 11.6. The van der Waals surface area contributed by atoms with Crippen molar-refractivity contribution in [2.24, 2.45) is 11.7 Å². The molecule has 1 saturated carbocycles. The highest BCUT2D eigenvalue weighted by Gasteiger charge is 2.26. The molecule has 15 heavy (non-hydrogen) atoms. The van der Waals surface area contributed by atoms with Crippen LogP contribution < -0.4 is 11.1 Å². The van der Waals surface area contributed by atoms with Crippen LogP contribution in [0.25, 0.3) is 0 Å². The average Bonchev–Trinajstić information content (AvgIpc) is 2.39. The standard InChI is InChI=1S/C10H18N2O3/c11-8-5-3-1-2-4-7(8)10(15)12-6-9(13)14/h7-8H,1-6,11H2,(H,12,15)(H,13,14). The third-order valence-corrected chi connectivity index (χ3v) is 2.82. The van der Waals surface area contributed by atoms with Gasteiger partial charge in [-0.15, -0.1) is 0 Å². The van der Waals surface area contributed by atoms with E-state index in [1.54, 1.807) is 0 Å². The molecule has 0 bridgehead atoms. The zero-order valence-electron chi connectivity index (χ0n) is 8.74. The third kappa shape index (κ3) is 3.87. The molecule has 0 radical (unpaired) electrons. The minimum atomic E-state index is -1.02. The quantitative estimate of drug-likeness (QED) is 0.581. The molecule has 1 fully saturated rings. The van der Waals surface area contributed by atoms with Crippen LogP contribution in [0, 0.1) is 5.92 Å². The summed E-state index contributed by atoms with van der Waals surface area (Å²) in [6.45, 7) is -0.317. The van der Waals surface area contributed by atoms with Crippen molar-refractivity contribution in [3.05, 3.63) is 0 Å². The van der Waals surface area contributed by atoms with Crippen molar-refractivity contribution in [3.63, 3.8) is 0 Å². The number of amides is 1. The van der Waals surface area contributed by atoms with E-state index in [4.69, 9.17) is 10.8 Å². The third-order valence-electron chi connectivity index (χ3n) is 2.82. The number of hydrogen-bond acceptors (Lipinski definition) is 3. The molecule has 1 aliphatic carbocycles. The zero-order chi connectivity index (χ0) is 11.3. The second-order valence-electron chi connectivity index (χ2n) is 4.02. The Bertz CT molecular complexity index is 243. The lowest BCUT2D eigenvalue weighted by Crippen LogP contribution is -2.42. The maximum atomic E-state index is 11.6. The Morgan fingerprint density at radius 3 is 2.60 bits per heavy atom. The summed E-state index contributed by atoms with van der Waals surface area (Å²) in [5, 5.41) is 10.8. The number of carboxylic acid groups (broad SMARTS) is 1. The van der Waals surface area contributed by atoms with Gasteiger partial charge in [0.2, 0.25) is 5.91 Å². The predicted octanol–water partition coefficient (Wildman–Crippen LogP) is 0.0948. The van der Waals surface area contributed by atoms with Gasteiger partial charge in [0, 0.05) is 6.04 Å². The van der Waals surface area contributed by atoms with Crippen molar-refractivity contribution in [1.29, 1.82) is 0 Å². The highest BCUT2D eigenvalue weighted by molar-refractivity contribution is 5.83. The summed E-state index contributed by atoms with van der Waals surface area (Å²) in [4.78, 5) is 21.9. The Labute approximate surface area is 89.0 Å². The fourth-order valence-electron chi connectivity index (χ4n) is 1.96. The highest BCUT2D eigenvalue weighted by Crippen LogP contribution is 2.22. The normalized spacial score (nSPS) is 26.7. The SMILES string of the molecule is NC1CCCCCC1C(=O)NCC(=O)O. The Morgan fingerprint density at radius 2 is 1.93 bits per heavy atom. The molecule has 0 spiro atoms. The lowest BCUT2D eigenvalue weighted by molar-refractivity contribution is -0.138. The molecule has 0 aliphatic heterocycles. The topological polar surface area (TPSA) is 92.4 Å². The van der Waals surface area contributed by atoms with Crippen molar-refractivity contribution in [3.8, 4) is 0 Å². The number of nitrogens with one attached hydrogen (secondary N) is 1. The van der Waals surface area contributed by atoms with Crippen molar-refractivity contribution >= 4 is 11.9 Å². The molecule has 5 heteroatoms. The fourth-order valence-corrected chi connectivity index (χ4v) is 1.96. The van der Waals surface area contributed by atoms with Gasteiger partial charge >= 0.3 is 5.97 Å². The van der Waals surface area contributed by atoms with Crippen molar-refractivity contribution in [2.75, 3.05) is 6.54 Å². The minimum absolute atomic E-state index is 0.124. The van der Waals surface area contributed by atoms with E-state index in [0.717, 1.165) is 32.1 Å². The molecule has 1 amide bonds. The van der Waals surface area contributed by atoms with E-state index in [1.165, 1.54) is 0 Å². The molecule has 4 N–H and O–H groups in total. The molecule has 2 atom stereocenters. The number of carboxylic acids is 1. The summed E-state index contributed by atoms with van der Waals surface area (Å²) >= 11 is 0. The number of nitrogens with two attached hydrogens (primary N) is 1. The Hall–Kier alpha value is -1.10. The first-order valence-corrected chi connectivity index (χ1v) is 5.36. The zero-order valence-corrected chi connectivity index (χ0v) is 8.74. The molecule has 2 unspecified atom stereocenters. The van der Waals surface area contributed by atoms with Crippen LogP contribution in [-0.2, 0) is 9.59 Å². The number of carbonyl (C=O) groups excluding carboxylic acids is 1. The second kappa shape index (κ2) is 5.70. The van der Waals surface area contributed by atoms with Gasteiger partial charge in [0.25, 0.3) is 0 Å². The molecule has 0 aromatic heterocycles. The van der Waals surface area contributed by atoms with Crippen LogP contribution in [0.2, 0.25) is 0 Å². The van der Waals surface area contributed by atoms with E-state index in [0.29, 0.717) is 0 Å². The van der Waals surface area contributed by atoms with Crippen LogP contribution >= 0.6 is 0 Å². The van der Waals surface area contributed by atoms with Gasteiger partial charge in [0.15, 0.2) is 0 Å². The van der Waals surface area contributed by atoms with Crippen LogP contribution in [0.15, 0.2) is 0 Å². The molecule has 0 aromatic rings. The van der Waals surface area contributed by atoms with Gasteiger partial charge in [-0.05, 0) is 12.8 Å². The molecule has 1 rings (SSSR count). The summed E-state index contributed by atoms with van der Waals surface area (Å²) in [5.41, 5.74) is 5.88. The van der Waals surface area contributed by atoms with Crippen LogP contribution in [0.3, 0.4) is 0 Å². The first-order chi connectivity index (χ1) is 7.11. The Balaban J connectivity index is 2.44. The average molecular weight is 214 g/mol. The Kier molecular flexibility index (Phi) is 4.55. The molecule has 0 saturated heterocycles. The second-order valence-corrected chi connectivity index (χ2v) is 4.02. The van der Waals surface area contributed by atoms with E-state index in [2.05, 4.69) is 5.32 Å². The maximum Gasteiger partial charge on any atom is 0.322 e. The van der Waals surface area contributed by atoms with E-state index < -0.39 is 5.97 Å². The summed E-state index contributed by atoms with van der Waals surface area (Å²) < 4.78 is 0. The van der Waals surface area contributed by atoms with Crippen molar-refractivity contribution < 1.29 is 14.7 Å². The molecular weight excluding hydrogens is 196 g/mol. The van der Waals surface area contributed by atoms with Crippen LogP contribution in [-0.4, -0.2) is 29.6 Å². The molecular formula is C10H18N2O3. The van der Waals surface area contributed by atoms with Gasteiger partial charge in [-0.25, -0.2) is 0 Å². The number of carbonyl (C=O) groups is 2. The van der Waals surface area contributed by atoms with E-state index in [9.17, 15) is 9.59 Å². The van der Waals surface area contributed by atoms with Crippen molar-refractivity contribution in [2.45, 2.75) is 38.1 Å². The van der Waals surface area contributed by atoms with Gasteiger partial charge < -0.3 is 16.2 Å². The van der Waals surface area contributed by atoms with Crippen molar-refractivity contribution in [1.82, 2.24) is 5.32 Å². The first kappa shape index (κ1) is 12.0. The summed E-state index contributed by atoms with van der Waals surface area (Å²) in [6.07, 6.45) is 4.79. The van der Waals surface area contributed by atoms with Gasteiger partial charge in [0.05, 0.1) is 5.92 Å². The molecule has 5 nitrogen and oxygen atoms in total. The van der Waals surface area contributed by atoms with E-state index in [-0.39, 0.29) is 24.4 Å².